The Hall–Kier alpha value is -2.14. The summed E-state index contributed by atoms with van der Waals surface area (Å²) in [7, 11) is 0. The number of aryl methyl sites for hydroxylation is 1. The first kappa shape index (κ1) is 16.2. The highest BCUT2D eigenvalue weighted by atomic mass is 32.1. The average molecular weight is 316 g/mol. The molecule has 116 valence electrons. The molecule has 1 heterocycles. The standard InChI is InChI=1S/C17H20N2O2S/c1-13-5-7-15(8-6-13)12-19(14(2)20)10-9-18-17(21)16-4-3-11-22-16/h3-8,11H,9-10,12H2,1-2H3,(H,18,21). The van der Waals surface area contributed by atoms with Crippen molar-refractivity contribution in [3.8, 4) is 0 Å². The van der Waals surface area contributed by atoms with E-state index in [1.54, 1.807) is 17.9 Å². The number of amides is 2. The molecule has 0 atom stereocenters. The predicted octanol–water partition coefficient (Wildman–Crippen LogP) is 2.84. The molecule has 0 aliphatic rings. The molecule has 2 rings (SSSR count). The van der Waals surface area contributed by atoms with Gasteiger partial charge in [-0.2, -0.15) is 0 Å². The van der Waals surface area contributed by atoms with Crippen LogP contribution < -0.4 is 5.32 Å². The maximum Gasteiger partial charge on any atom is 0.261 e. The highest BCUT2D eigenvalue weighted by molar-refractivity contribution is 7.12. The van der Waals surface area contributed by atoms with Crippen molar-refractivity contribution in [2.24, 2.45) is 0 Å². The molecular weight excluding hydrogens is 296 g/mol. The van der Waals surface area contributed by atoms with Gasteiger partial charge in [0.25, 0.3) is 5.91 Å². The summed E-state index contributed by atoms with van der Waals surface area (Å²) >= 11 is 1.41. The van der Waals surface area contributed by atoms with Gasteiger partial charge in [0.1, 0.15) is 0 Å². The van der Waals surface area contributed by atoms with Crippen LogP contribution in [0.15, 0.2) is 41.8 Å². The van der Waals surface area contributed by atoms with E-state index in [4.69, 9.17) is 0 Å². The third kappa shape index (κ3) is 4.70. The number of rotatable bonds is 6. The largest absolute Gasteiger partial charge is 0.350 e. The van der Waals surface area contributed by atoms with Gasteiger partial charge in [0.05, 0.1) is 4.88 Å². The average Bonchev–Trinajstić information content (AvgIpc) is 3.02. The van der Waals surface area contributed by atoms with Crippen molar-refractivity contribution in [2.75, 3.05) is 13.1 Å². The van der Waals surface area contributed by atoms with Gasteiger partial charge in [-0.3, -0.25) is 9.59 Å². The number of carbonyl (C=O) groups excluding carboxylic acids is 2. The number of nitrogens with zero attached hydrogens (tertiary/aromatic N) is 1. The van der Waals surface area contributed by atoms with E-state index in [0.717, 1.165) is 5.56 Å². The summed E-state index contributed by atoms with van der Waals surface area (Å²) in [5.41, 5.74) is 2.28. The van der Waals surface area contributed by atoms with Gasteiger partial charge in [0, 0.05) is 26.6 Å². The number of nitrogens with one attached hydrogen (secondary N) is 1. The summed E-state index contributed by atoms with van der Waals surface area (Å²) in [5, 5.41) is 4.71. The fourth-order valence-electron chi connectivity index (χ4n) is 2.06. The van der Waals surface area contributed by atoms with Crippen LogP contribution in [0.5, 0.6) is 0 Å². The van der Waals surface area contributed by atoms with E-state index < -0.39 is 0 Å². The maximum absolute atomic E-state index is 11.8. The first-order valence-corrected chi connectivity index (χ1v) is 8.07. The van der Waals surface area contributed by atoms with Crippen LogP contribution in [0.1, 0.15) is 27.7 Å². The lowest BCUT2D eigenvalue weighted by molar-refractivity contribution is -0.129. The van der Waals surface area contributed by atoms with E-state index >= 15 is 0 Å². The molecule has 1 aromatic heterocycles. The Balaban J connectivity index is 1.85. The zero-order valence-electron chi connectivity index (χ0n) is 12.8. The molecule has 0 aliphatic heterocycles. The van der Waals surface area contributed by atoms with Crippen LogP contribution in [0.2, 0.25) is 0 Å². The number of benzene rings is 1. The van der Waals surface area contributed by atoms with E-state index in [2.05, 4.69) is 5.32 Å². The highest BCUT2D eigenvalue weighted by Gasteiger charge is 2.11. The first-order chi connectivity index (χ1) is 10.6. The molecule has 0 radical (unpaired) electrons. The van der Waals surface area contributed by atoms with Crippen LogP contribution in [-0.2, 0) is 11.3 Å². The Bertz CT molecular complexity index is 621. The molecule has 0 spiro atoms. The van der Waals surface area contributed by atoms with Gasteiger partial charge in [-0.05, 0) is 23.9 Å². The van der Waals surface area contributed by atoms with Crippen molar-refractivity contribution in [1.29, 1.82) is 0 Å². The Labute approximate surface area is 134 Å². The quantitative estimate of drug-likeness (QED) is 0.891. The second kappa shape index (κ2) is 7.75. The molecule has 2 amide bonds. The Morgan fingerprint density at radius 1 is 1.18 bits per heavy atom. The van der Waals surface area contributed by atoms with Crippen LogP contribution in [0.4, 0.5) is 0 Å². The predicted molar refractivity (Wildman–Crippen MR) is 88.9 cm³/mol. The molecule has 0 aliphatic carbocycles. The third-order valence-corrected chi connectivity index (χ3v) is 4.22. The van der Waals surface area contributed by atoms with Crippen LogP contribution >= 0.6 is 11.3 Å². The molecular formula is C17H20N2O2S. The zero-order chi connectivity index (χ0) is 15.9. The molecule has 0 saturated carbocycles. The molecule has 1 N–H and O–H groups in total. The highest BCUT2D eigenvalue weighted by Crippen LogP contribution is 2.08. The normalized spacial score (nSPS) is 10.3. The summed E-state index contributed by atoms with van der Waals surface area (Å²) in [4.78, 5) is 26.0. The molecule has 0 unspecified atom stereocenters. The van der Waals surface area contributed by atoms with E-state index in [9.17, 15) is 9.59 Å². The van der Waals surface area contributed by atoms with Crippen LogP contribution in [-0.4, -0.2) is 29.8 Å². The topological polar surface area (TPSA) is 49.4 Å². The Morgan fingerprint density at radius 3 is 2.50 bits per heavy atom. The SMILES string of the molecule is CC(=O)N(CCNC(=O)c1cccs1)Cc1ccc(C)cc1. The molecule has 0 bridgehead atoms. The van der Waals surface area contributed by atoms with Gasteiger partial charge >= 0.3 is 0 Å². The minimum Gasteiger partial charge on any atom is -0.350 e. The second-order valence-corrected chi connectivity index (χ2v) is 6.11. The lowest BCUT2D eigenvalue weighted by Crippen LogP contribution is -2.36. The van der Waals surface area contributed by atoms with Crippen molar-refractivity contribution < 1.29 is 9.59 Å². The Kier molecular flexibility index (Phi) is 5.72. The monoisotopic (exact) mass is 316 g/mol. The van der Waals surface area contributed by atoms with Crippen molar-refractivity contribution >= 4 is 23.2 Å². The van der Waals surface area contributed by atoms with E-state index in [1.165, 1.54) is 16.9 Å². The van der Waals surface area contributed by atoms with Crippen molar-refractivity contribution in [1.82, 2.24) is 10.2 Å². The van der Waals surface area contributed by atoms with Crippen molar-refractivity contribution in [3.05, 3.63) is 57.8 Å². The van der Waals surface area contributed by atoms with Crippen LogP contribution in [0.3, 0.4) is 0 Å². The molecule has 22 heavy (non-hydrogen) atoms. The van der Waals surface area contributed by atoms with Crippen molar-refractivity contribution in [2.45, 2.75) is 20.4 Å². The number of hydrogen-bond acceptors (Lipinski definition) is 3. The van der Waals surface area contributed by atoms with E-state index in [1.807, 2.05) is 42.6 Å². The van der Waals surface area contributed by atoms with Gasteiger partial charge < -0.3 is 10.2 Å². The fraction of sp³-hybridized carbons (Fsp3) is 0.294. The minimum absolute atomic E-state index is 0.00551. The summed E-state index contributed by atoms with van der Waals surface area (Å²) in [6, 6.07) is 11.7. The molecule has 1 aromatic carbocycles. The van der Waals surface area contributed by atoms with Gasteiger partial charge in [0.2, 0.25) is 5.91 Å². The van der Waals surface area contributed by atoms with Crippen LogP contribution in [0.25, 0.3) is 0 Å². The summed E-state index contributed by atoms with van der Waals surface area (Å²) in [6.45, 7) is 5.09. The van der Waals surface area contributed by atoms with Crippen molar-refractivity contribution in [3.63, 3.8) is 0 Å². The Morgan fingerprint density at radius 2 is 1.91 bits per heavy atom. The van der Waals surface area contributed by atoms with Gasteiger partial charge in [-0.1, -0.05) is 35.9 Å². The van der Waals surface area contributed by atoms with Gasteiger partial charge in [-0.25, -0.2) is 0 Å². The molecule has 4 nitrogen and oxygen atoms in total. The summed E-state index contributed by atoms with van der Waals surface area (Å²) in [5.74, 6) is -0.0835. The minimum atomic E-state index is -0.0890. The first-order valence-electron chi connectivity index (χ1n) is 7.19. The van der Waals surface area contributed by atoms with Gasteiger partial charge in [0.15, 0.2) is 0 Å². The smallest absolute Gasteiger partial charge is 0.261 e. The molecule has 0 saturated heterocycles. The lowest BCUT2D eigenvalue weighted by atomic mass is 10.1. The summed E-state index contributed by atoms with van der Waals surface area (Å²) in [6.07, 6.45) is 0. The molecule has 2 aromatic rings. The second-order valence-electron chi connectivity index (χ2n) is 5.16. The van der Waals surface area contributed by atoms with Gasteiger partial charge in [-0.15, -0.1) is 11.3 Å². The van der Waals surface area contributed by atoms with E-state index in [0.29, 0.717) is 24.5 Å². The number of hydrogen-bond donors (Lipinski definition) is 1. The zero-order valence-corrected chi connectivity index (χ0v) is 13.7. The summed E-state index contributed by atoms with van der Waals surface area (Å²) < 4.78 is 0. The fourth-order valence-corrected chi connectivity index (χ4v) is 2.70. The lowest BCUT2D eigenvalue weighted by Gasteiger charge is -2.21. The molecule has 5 heteroatoms. The van der Waals surface area contributed by atoms with Crippen LogP contribution in [0, 0.1) is 6.92 Å². The maximum atomic E-state index is 11.8. The molecule has 0 fully saturated rings. The number of carbonyl (C=O) groups is 2. The van der Waals surface area contributed by atoms with E-state index in [-0.39, 0.29) is 11.8 Å². The third-order valence-electron chi connectivity index (χ3n) is 3.35. The number of thiophene rings is 1.